The molecule has 1 heterocycles. The first kappa shape index (κ1) is 11.2. The number of benzene rings is 1. The molecule has 3 rings (SSSR count). The highest BCUT2D eigenvalue weighted by Gasteiger charge is 2.24. The Balaban J connectivity index is 1.73. The molecule has 2 unspecified atom stereocenters. The van der Waals surface area contributed by atoms with Gasteiger partial charge in [-0.2, -0.15) is 0 Å². The Morgan fingerprint density at radius 3 is 2.94 bits per heavy atom. The maximum atomic E-state index is 3.50. The standard InChI is InChI=1S/C14H18N2S/c1-15-11-6-7-12(9-11)17-14-8-10-4-2-3-5-13(10)16-14/h2-5,8,11-12,15-16H,6-7,9H2,1H3. The average molecular weight is 246 g/mol. The molecule has 2 atom stereocenters. The summed E-state index contributed by atoms with van der Waals surface area (Å²) in [7, 11) is 2.07. The van der Waals surface area contributed by atoms with Crippen LogP contribution in [0.15, 0.2) is 35.4 Å². The molecule has 0 saturated heterocycles. The van der Waals surface area contributed by atoms with E-state index in [1.54, 1.807) is 0 Å². The Kier molecular flexibility index (Phi) is 3.12. The summed E-state index contributed by atoms with van der Waals surface area (Å²) in [4.78, 5) is 3.50. The second kappa shape index (κ2) is 4.75. The fraction of sp³-hybridized carbons (Fsp3) is 0.429. The van der Waals surface area contributed by atoms with Gasteiger partial charge in [-0.05, 0) is 38.4 Å². The first-order valence-electron chi connectivity index (χ1n) is 6.27. The summed E-state index contributed by atoms with van der Waals surface area (Å²) in [5.74, 6) is 0. The lowest BCUT2D eigenvalue weighted by Crippen LogP contribution is -2.21. The minimum absolute atomic E-state index is 0.719. The Morgan fingerprint density at radius 1 is 1.29 bits per heavy atom. The minimum atomic E-state index is 0.719. The van der Waals surface area contributed by atoms with Crippen molar-refractivity contribution in [3.63, 3.8) is 0 Å². The van der Waals surface area contributed by atoms with E-state index in [0.29, 0.717) is 0 Å². The summed E-state index contributed by atoms with van der Waals surface area (Å²) in [6, 6.07) is 11.5. The lowest BCUT2D eigenvalue weighted by Gasteiger charge is -2.08. The predicted molar refractivity (Wildman–Crippen MR) is 74.6 cm³/mol. The van der Waals surface area contributed by atoms with E-state index < -0.39 is 0 Å². The molecule has 0 spiro atoms. The summed E-state index contributed by atoms with van der Waals surface area (Å²) in [5.41, 5.74) is 1.25. The van der Waals surface area contributed by atoms with Crippen LogP contribution in [0.4, 0.5) is 0 Å². The molecule has 1 fully saturated rings. The van der Waals surface area contributed by atoms with Gasteiger partial charge in [-0.1, -0.05) is 18.2 Å². The topological polar surface area (TPSA) is 27.8 Å². The predicted octanol–water partition coefficient (Wildman–Crippen LogP) is 3.40. The Labute approximate surface area is 106 Å². The third-order valence-corrected chi connectivity index (χ3v) is 4.83. The number of nitrogens with one attached hydrogen (secondary N) is 2. The van der Waals surface area contributed by atoms with E-state index in [9.17, 15) is 0 Å². The van der Waals surface area contributed by atoms with Crippen LogP contribution in [-0.2, 0) is 0 Å². The van der Waals surface area contributed by atoms with E-state index in [2.05, 4.69) is 47.7 Å². The number of para-hydroxylation sites is 1. The number of fused-ring (bicyclic) bond motifs is 1. The van der Waals surface area contributed by atoms with E-state index in [1.165, 1.54) is 35.2 Å². The number of H-pyrrole nitrogens is 1. The molecule has 2 nitrogen and oxygen atoms in total. The van der Waals surface area contributed by atoms with E-state index >= 15 is 0 Å². The lowest BCUT2D eigenvalue weighted by atomic mass is 10.3. The number of thioether (sulfide) groups is 1. The third kappa shape index (κ3) is 2.35. The summed E-state index contributed by atoms with van der Waals surface area (Å²) in [6.07, 6.45) is 3.93. The van der Waals surface area contributed by atoms with Gasteiger partial charge in [-0.15, -0.1) is 11.8 Å². The van der Waals surface area contributed by atoms with Crippen molar-refractivity contribution in [3.05, 3.63) is 30.3 Å². The molecule has 1 aromatic heterocycles. The smallest absolute Gasteiger partial charge is 0.0735 e. The fourth-order valence-electron chi connectivity index (χ4n) is 2.60. The van der Waals surface area contributed by atoms with Gasteiger partial charge in [0.25, 0.3) is 0 Å². The maximum Gasteiger partial charge on any atom is 0.0735 e. The molecule has 1 aliphatic carbocycles. The van der Waals surface area contributed by atoms with Crippen LogP contribution in [0.2, 0.25) is 0 Å². The molecule has 0 aliphatic heterocycles. The minimum Gasteiger partial charge on any atom is -0.350 e. The zero-order chi connectivity index (χ0) is 11.7. The molecule has 17 heavy (non-hydrogen) atoms. The molecular formula is C14H18N2S. The molecule has 1 saturated carbocycles. The molecule has 3 heteroatoms. The average Bonchev–Trinajstić information content (AvgIpc) is 2.94. The number of hydrogen-bond donors (Lipinski definition) is 2. The van der Waals surface area contributed by atoms with Crippen molar-refractivity contribution in [1.29, 1.82) is 0 Å². The molecule has 2 N–H and O–H groups in total. The van der Waals surface area contributed by atoms with Gasteiger partial charge in [0.15, 0.2) is 0 Å². The van der Waals surface area contributed by atoms with Crippen molar-refractivity contribution in [2.24, 2.45) is 0 Å². The van der Waals surface area contributed by atoms with Crippen LogP contribution in [0.1, 0.15) is 19.3 Å². The molecule has 0 amide bonds. The SMILES string of the molecule is CNC1CCC(Sc2cc3ccccc3[nH]2)C1. The van der Waals surface area contributed by atoms with Crippen LogP contribution in [0, 0.1) is 0 Å². The zero-order valence-electron chi connectivity index (χ0n) is 10.1. The fourth-order valence-corrected chi connectivity index (χ4v) is 3.90. The third-order valence-electron chi connectivity index (χ3n) is 3.59. The largest absolute Gasteiger partial charge is 0.350 e. The van der Waals surface area contributed by atoms with Crippen molar-refractivity contribution in [2.45, 2.75) is 35.6 Å². The zero-order valence-corrected chi connectivity index (χ0v) is 10.9. The molecule has 1 aromatic carbocycles. The van der Waals surface area contributed by atoms with Gasteiger partial charge >= 0.3 is 0 Å². The molecule has 1 aliphatic rings. The van der Waals surface area contributed by atoms with Crippen LogP contribution >= 0.6 is 11.8 Å². The molecule has 2 aromatic rings. The molecule has 0 radical (unpaired) electrons. The molecule has 0 bridgehead atoms. The van der Waals surface area contributed by atoms with Gasteiger partial charge in [0.1, 0.15) is 0 Å². The highest BCUT2D eigenvalue weighted by molar-refractivity contribution is 7.99. The quantitative estimate of drug-likeness (QED) is 0.868. The van der Waals surface area contributed by atoms with Crippen LogP contribution in [0.5, 0.6) is 0 Å². The van der Waals surface area contributed by atoms with Gasteiger partial charge in [-0.25, -0.2) is 0 Å². The Bertz CT molecular complexity index is 473. The maximum absolute atomic E-state index is 3.50. The highest BCUT2D eigenvalue weighted by atomic mass is 32.2. The Morgan fingerprint density at radius 2 is 2.18 bits per heavy atom. The number of hydrogen-bond acceptors (Lipinski definition) is 2. The summed E-state index contributed by atoms with van der Waals surface area (Å²) in [5, 5.41) is 6.78. The van der Waals surface area contributed by atoms with Crippen molar-refractivity contribution in [2.75, 3.05) is 7.05 Å². The van der Waals surface area contributed by atoms with Gasteiger partial charge in [0, 0.05) is 22.2 Å². The van der Waals surface area contributed by atoms with Gasteiger partial charge in [0.05, 0.1) is 5.03 Å². The monoisotopic (exact) mass is 246 g/mol. The number of rotatable bonds is 3. The van der Waals surface area contributed by atoms with Crippen LogP contribution in [0.25, 0.3) is 10.9 Å². The van der Waals surface area contributed by atoms with E-state index in [-0.39, 0.29) is 0 Å². The van der Waals surface area contributed by atoms with Crippen LogP contribution in [0.3, 0.4) is 0 Å². The summed E-state index contributed by atoms with van der Waals surface area (Å²) >= 11 is 2.00. The first-order chi connectivity index (χ1) is 8.35. The van der Waals surface area contributed by atoms with Crippen molar-refractivity contribution in [1.82, 2.24) is 10.3 Å². The Hall–Kier alpha value is -0.930. The number of aromatic nitrogens is 1. The highest BCUT2D eigenvalue weighted by Crippen LogP contribution is 2.35. The summed E-state index contributed by atoms with van der Waals surface area (Å²) < 4.78 is 0. The molecule has 90 valence electrons. The van der Waals surface area contributed by atoms with Gasteiger partial charge in [0.2, 0.25) is 0 Å². The first-order valence-corrected chi connectivity index (χ1v) is 7.15. The second-order valence-corrected chi connectivity index (χ2v) is 6.10. The number of aromatic amines is 1. The molecular weight excluding hydrogens is 228 g/mol. The second-order valence-electron chi connectivity index (χ2n) is 4.76. The normalized spacial score (nSPS) is 24.5. The van der Waals surface area contributed by atoms with Crippen LogP contribution < -0.4 is 5.32 Å². The summed E-state index contributed by atoms with van der Waals surface area (Å²) in [6.45, 7) is 0. The lowest BCUT2D eigenvalue weighted by molar-refractivity contribution is 0.583. The van der Waals surface area contributed by atoms with Gasteiger partial charge in [-0.3, -0.25) is 0 Å². The van der Waals surface area contributed by atoms with Crippen molar-refractivity contribution >= 4 is 22.7 Å². The van der Waals surface area contributed by atoms with Crippen molar-refractivity contribution < 1.29 is 0 Å². The van der Waals surface area contributed by atoms with Crippen LogP contribution in [-0.4, -0.2) is 23.3 Å². The van der Waals surface area contributed by atoms with E-state index in [0.717, 1.165) is 11.3 Å². The van der Waals surface area contributed by atoms with E-state index in [4.69, 9.17) is 0 Å². The van der Waals surface area contributed by atoms with E-state index in [1.807, 2.05) is 11.8 Å². The van der Waals surface area contributed by atoms with Gasteiger partial charge < -0.3 is 10.3 Å². The van der Waals surface area contributed by atoms with Crippen molar-refractivity contribution in [3.8, 4) is 0 Å².